The van der Waals surface area contributed by atoms with Gasteiger partial charge < -0.3 is 5.32 Å². The number of rotatable bonds is 9. The van der Waals surface area contributed by atoms with Crippen molar-refractivity contribution >= 4 is 0 Å². The number of hydrogen-bond donors (Lipinski definition) is 1. The molecule has 0 aliphatic heterocycles. The van der Waals surface area contributed by atoms with Gasteiger partial charge in [-0.25, -0.2) is 0 Å². The van der Waals surface area contributed by atoms with Gasteiger partial charge in [0.2, 0.25) is 0 Å². The van der Waals surface area contributed by atoms with Crippen molar-refractivity contribution in [3.8, 4) is 0 Å². The highest BCUT2D eigenvalue weighted by Crippen LogP contribution is 2.16. The molecule has 0 saturated carbocycles. The Morgan fingerprint density at radius 1 is 0.933 bits per heavy atom. The molecule has 1 nitrogen and oxygen atoms in total. The second kappa shape index (κ2) is 9.21. The van der Waals surface area contributed by atoms with Crippen LogP contribution in [0.2, 0.25) is 0 Å². The molecule has 0 spiro atoms. The van der Waals surface area contributed by atoms with Gasteiger partial charge in [0.1, 0.15) is 0 Å². The third-order valence-corrected chi connectivity index (χ3v) is 3.26. The van der Waals surface area contributed by atoms with Gasteiger partial charge in [-0.15, -0.1) is 0 Å². The van der Waals surface area contributed by atoms with Crippen molar-refractivity contribution in [3.05, 3.63) is 0 Å². The summed E-state index contributed by atoms with van der Waals surface area (Å²) in [5.74, 6) is 1.69. The van der Waals surface area contributed by atoms with Crippen LogP contribution in [0.15, 0.2) is 0 Å². The minimum Gasteiger partial charge on any atom is -0.314 e. The molecule has 0 aliphatic carbocycles. The van der Waals surface area contributed by atoms with Gasteiger partial charge in [-0.3, -0.25) is 0 Å². The summed E-state index contributed by atoms with van der Waals surface area (Å²) in [4.78, 5) is 0. The molecule has 0 bridgehead atoms. The Morgan fingerprint density at radius 3 is 2.07 bits per heavy atom. The molecule has 15 heavy (non-hydrogen) atoms. The fraction of sp³-hybridized carbons (Fsp3) is 1.00. The first kappa shape index (κ1) is 15.0. The first-order chi connectivity index (χ1) is 7.11. The maximum absolute atomic E-state index is 3.59. The van der Waals surface area contributed by atoms with Crippen molar-refractivity contribution in [2.45, 2.75) is 72.8 Å². The zero-order valence-corrected chi connectivity index (χ0v) is 11.5. The second-order valence-electron chi connectivity index (χ2n) is 5.23. The van der Waals surface area contributed by atoms with Gasteiger partial charge in [-0.2, -0.15) is 0 Å². The standard InChI is InChI=1S/C14H31N/c1-6-9-13(5)10-8-11-14(12(3)4)15-7-2/h12-15H,6-11H2,1-5H3. The normalized spacial score (nSPS) is 15.6. The van der Waals surface area contributed by atoms with Crippen molar-refractivity contribution in [2.75, 3.05) is 6.54 Å². The summed E-state index contributed by atoms with van der Waals surface area (Å²) >= 11 is 0. The zero-order chi connectivity index (χ0) is 11.7. The predicted molar refractivity (Wildman–Crippen MR) is 70.2 cm³/mol. The van der Waals surface area contributed by atoms with Crippen LogP contribution in [0.5, 0.6) is 0 Å². The number of nitrogens with one attached hydrogen (secondary N) is 1. The molecule has 0 radical (unpaired) electrons. The van der Waals surface area contributed by atoms with E-state index >= 15 is 0 Å². The number of hydrogen-bond acceptors (Lipinski definition) is 1. The molecule has 0 rings (SSSR count). The van der Waals surface area contributed by atoms with E-state index < -0.39 is 0 Å². The lowest BCUT2D eigenvalue weighted by molar-refractivity contribution is 0.355. The van der Waals surface area contributed by atoms with Gasteiger partial charge >= 0.3 is 0 Å². The lowest BCUT2D eigenvalue weighted by atomic mass is 9.94. The van der Waals surface area contributed by atoms with E-state index in [-0.39, 0.29) is 0 Å². The third kappa shape index (κ3) is 7.84. The summed E-state index contributed by atoms with van der Waals surface area (Å²) < 4.78 is 0. The monoisotopic (exact) mass is 213 g/mol. The lowest BCUT2D eigenvalue weighted by Crippen LogP contribution is -2.33. The second-order valence-corrected chi connectivity index (χ2v) is 5.23. The fourth-order valence-corrected chi connectivity index (χ4v) is 2.26. The van der Waals surface area contributed by atoms with Gasteiger partial charge in [0.25, 0.3) is 0 Å². The Hall–Kier alpha value is -0.0400. The Balaban J connectivity index is 3.61. The molecule has 0 heterocycles. The molecule has 0 aromatic carbocycles. The summed E-state index contributed by atoms with van der Waals surface area (Å²) in [5, 5.41) is 3.59. The van der Waals surface area contributed by atoms with E-state index in [0.717, 1.165) is 24.4 Å². The van der Waals surface area contributed by atoms with E-state index in [9.17, 15) is 0 Å². The van der Waals surface area contributed by atoms with Crippen molar-refractivity contribution < 1.29 is 0 Å². The van der Waals surface area contributed by atoms with E-state index in [4.69, 9.17) is 0 Å². The average molecular weight is 213 g/mol. The Morgan fingerprint density at radius 2 is 1.60 bits per heavy atom. The van der Waals surface area contributed by atoms with Crippen LogP contribution in [0.3, 0.4) is 0 Å². The largest absolute Gasteiger partial charge is 0.314 e. The molecule has 0 saturated heterocycles. The van der Waals surface area contributed by atoms with Crippen molar-refractivity contribution in [3.63, 3.8) is 0 Å². The van der Waals surface area contributed by atoms with Crippen molar-refractivity contribution in [2.24, 2.45) is 11.8 Å². The zero-order valence-electron chi connectivity index (χ0n) is 11.5. The molecule has 2 unspecified atom stereocenters. The molecule has 1 heteroatoms. The van der Waals surface area contributed by atoms with Crippen LogP contribution in [0.25, 0.3) is 0 Å². The molecule has 1 N–H and O–H groups in total. The smallest absolute Gasteiger partial charge is 0.00899 e. The van der Waals surface area contributed by atoms with Crippen LogP contribution in [-0.4, -0.2) is 12.6 Å². The predicted octanol–water partition coefficient (Wildman–Crippen LogP) is 4.23. The molecular formula is C14H31N. The molecular weight excluding hydrogens is 182 g/mol. The Bertz CT molecular complexity index is 131. The van der Waals surface area contributed by atoms with Gasteiger partial charge in [-0.1, -0.05) is 60.3 Å². The summed E-state index contributed by atoms with van der Waals surface area (Å²) in [5.41, 5.74) is 0. The van der Waals surface area contributed by atoms with Gasteiger partial charge in [0.15, 0.2) is 0 Å². The lowest BCUT2D eigenvalue weighted by Gasteiger charge is -2.22. The fourth-order valence-electron chi connectivity index (χ4n) is 2.26. The first-order valence-electron chi connectivity index (χ1n) is 6.85. The molecule has 0 fully saturated rings. The summed E-state index contributed by atoms with van der Waals surface area (Å²) in [7, 11) is 0. The molecule has 0 aromatic heterocycles. The van der Waals surface area contributed by atoms with E-state index in [1.807, 2.05) is 0 Å². The van der Waals surface area contributed by atoms with Crippen LogP contribution in [0.4, 0.5) is 0 Å². The molecule has 92 valence electrons. The van der Waals surface area contributed by atoms with E-state index in [2.05, 4.69) is 39.9 Å². The molecule has 0 amide bonds. The highest BCUT2D eigenvalue weighted by molar-refractivity contribution is 4.70. The van der Waals surface area contributed by atoms with Crippen LogP contribution in [0, 0.1) is 11.8 Å². The SMILES string of the molecule is CCCC(C)CCCC(NCC)C(C)C. The van der Waals surface area contributed by atoms with Crippen LogP contribution >= 0.6 is 0 Å². The maximum Gasteiger partial charge on any atom is 0.00899 e. The summed E-state index contributed by atoms with van der Waals surface area (Å²) in [6.45, 7) is 12.6. The quantitative estimate of drug-likeness (QED) is 0.604. The van der Waals surface area contributed by atoms with Crippen LogP contribution in [0.1, 0.15) is 66.7 Å². The van der Waals surface area contributed by atoms with E-state index in [1.165, 1.54) is 32.1 Å². The third-order valence-electron chi connectivity index (χ3n) is 3.26. The van der Waals surface area contributed by atoms with Crippen molar-refractivity contribution in [1.82, 2.24) is 5.32 Å². The topological polar surface area (TPSA) is 12.0 Å². The molecule has 2 atom stereocenters. The summed E-state index contributed by atoms with van der Waals surface area (Å²) in [6, 6.07) is 0.726. The van der Waals surface area contributed by atoms with Gasteiger partial charge in [-0.05, 0) is 24.8 Å². The van der Waals surface area contributed by atoms with Crippen LogP contribution in [-0.2, 0) is 0 Å². The van der Waals surface area contributed by atoms with E-state index in [1.54, 1.807) is 0 Å². The molecule has 0 aromatic rings. The highest BCUT2D eigenvalue weighted by Gasteiger charge is 2.11. The maximum atomic E-state index is 3.59. The minimum absolute atomic E-state index is 0.726. The van der Waals surface area contributed by atoms with Crippen molar-refractivity contribution in [1.29, 1.82) is 0 Å². The Kier molecular flexibility index (Phi) is 9.18. The molecule has 0 aliphatic rings. The average Bonchev–Trinajstić information content (AvgIpc) is 2.16. The van der Waals surface area contributed by atoms with Crippen LogP contribution < -0.4 is 5.32 Å². The van der Waals surface area contributed by atoms with E-state index in [0.29, 0.717) is 0 Å². The van der Waals surface area contributed by atoms with Gasteiger partial charge in [0, 0.05) is 6.04 Å². The summed E-state index contributed by atoms with van der Waals surface area (Å²) in [6.07, 6.45) is 6.87. The first-order valence-corrected chi connectivity index (χ1v) is 6.85. The Labute approximate surface area is 97.0 Å². The minimum atomic E-state index is 0.726. The van der Waals surface area contributed by atoms with Gasteiger partial charge in [0.05, 0.1) is 0 Å². The highest BCUT2D eigenvalue weighted by atomic mass is 14.9.